The Morgan fingerprint density at radius 3 is 3.33 bits per heavy atom. The van der Waals surface area contributed by atoms with Crippen LogP contribution in [0.15, 0.2) is 29.2 Å². The fourth-order valence-corrected chi connectivity index (χ4v) is 0.450. The summed E-state index contributed by atoms with van der Waals surface area (Å²) >= 11 is 0. The molecule has 0 aliphatic heterocycles. The first-order chi connectivity index (χ1) is 4.43. The summed E-state index contributed by atoms with van der Waals surface area (Å²) in [5.41, 5.74) is 3.42. The lowest BCUT2D eigenvalue weighted by molar-refractivity contribution is 0.392. The minimum atomic E-state index is 0.688. The van der Waals surface area contributed by atoms with Crippen molar-refractivity contribution in [3.63, 3.8) is 0 Å². The maximum Gasteiger partial charge on any atom is 0.147 e. The molecule has 1 rings (SSSR count). The lowest BCUT2D eigenvalue weighted by Gasteiger charge is -1.76. The van der Waals surface area contributed by atoms with Crippen molar-refractivity contribution in [2.75, 3.05) is 0 Å². The van der Waals surface area contributed by atoms with Gasteiger partial charge in [0, 0.05) is 11.7 Å². The normalized spacial score (nSPS) is 8.44. The molecular formula is C6H6N2O. The molecule has 0 aliphatic rings. The minimum Gasteiger partial charge on any atom is -0.345 e. The van der Waals surface area contributed by atoms with E-state index >= 15 is 0 Å². The standard InChI is InChI=1S/C6H6N2O/c1-2-3-4-6-5-9-8-7-6/h3,5H,1,4H2. The van der Waals surface area contributed by atoms with Crippen molar-refractivity contribution < 1.29 is 4.52 Å². The highest BCUT2D eigenvalue weighted by molar-refractivity contribution is 4.96. The predicted molar refractivity (Wildman–Crippen MR) is 31.7 cm³/mol. The van der Waals surface area contributed by atoms with Gasteiger partial charge in [-0.05, 0) is 6.08 Å². The molecule has 0 aliphatic carbocycles. The molecule has 1 aromatic heterocycles. The fourth-order valence-electron chi connectivity index (χ4n) is 0.450. The Bertz CT molecular complexity index is 209. The molecule has 0 fully saturated rings. The van der Waals surface area contributed by atoms with Crippen LogP contribution in [0.2, 0.25) is 0 Å². The SMILES string of the molecule is C=C=CCc1conn1. The van der Waals surface area contributed by atoms with Gasteiger partial charge in [-0.3, -0.25) is 0 Å². The summed E-state index contributed by atoms with van der Waals surface area (Å²) in [7, 11) is 0. The molecule has 0 saturated heterocycles. The molecule has 0 spiro atoms. The van der Waals surface area contributed by atoms with Crippen LogP contribution in [0.3, 0.4) is 0 Å². The van der Waals surface area contributed by atoms with Gasteiger partial charge in [0.05, 0.1) is 0 Å². The van der Waals surface area contributed by atoms with Crippen LogP contribution in [-0.2, 0) is 6.42 Å². The summed E-state index contributed by atoms with van der Waals surface area (Å²) in [6.45, 7) is 3.40. The highest BCUT2D eigenvalue weighted by Crippen LogP contribution is 1.91. The zero-order valence-corrected chi connectivity index (χ0v) is 4.87. The quantitative estimate of drug-likeness (QED) is 0.548. The third-order valence-electron chi connectivity index (χ3n) is 0.861. The van der Waals surface area contributed by atoms with Crippen molar-refractivity contribution in [3.8, 4) is 0 Å². The van der Waals surface area contributed by atoms with Gasteiger partial charge in [-0.1, -0.05) is 6.58 Å². The van der Waals surface area contributed by atoms with Crippen LogP contribution in [0.5, 0.6) is 0 Å². The predicted octanol–water partition coefficient (Wildman–Crippen LogP) is 0.953. The van der Waals surface area contributed by atoms with Gasteiger partial charge >= 0.3 is 0 Å². The van der Waals surface area contributed by atoms with E-state index in [0.29, 0.717) is 6.42 Å². The molecule has 0 atom stereocenters. The molecule has 0 bridgehead atoms. The van der Waals surface area contributed by atoms with Gasteiger partial charge in [-0.15, -0.1) is 10.8 Å². The Morgan fingerprint density at radius 2 is 2.78 bits per heavy atom. The molecule has 0 saturated carbocycles. The summed E-state index contributed by atoms with van der Waals surface area (Å²) in [6, 6.07) is 0. The Kier molecular flexibility index (Phi) is 1.83. The zero-order valence-electron chi connectivity index (χ0n) is 4.87. The molecular weight excluding hydrogens is 116 g/mol. The van der Waals surface area contributed by atoms with Gasteiger partial charge in [0.2, 0.25) is 0 Å². The van der Waals surface area contributed by atoms with Gasteiger partial charge in [-0.2, -0.15) is 0 Å². The Labute approximate surface area is 52.7 Å². The number of allylic oxidation sites excluding steroid dienone is 1. The van der Waals surface area contributed by atoms with Gasteiger partial charge in [0.25, 0.3) is 0 Å². The van der Waals surface area contributed by atoms with Crippen molar-refractivity contribution >= 4 is 0 Å². The van der Waals surface area contributed by atoms with Crippen LogP contribution in [0.25, 0.3) is 0 Å². The van der Waals surface area contributed by atoms with Crippen LogP contribution >= 0.6 is 0 Å². The molecule has 1 aromatic rings. The lowest BCUT2D eigenvalue weighted by Crippen LogP contribution is -1.78. The second-order valence-electron chi connectivity index (χ2n) is 1.51. The summed E-state index contributed by atoms with van der Waals surface area (Å²) < 4.78 is 4.48. The maximum absolute atomic E-state index is 4.48. The van der Waals surface area contributed by atoms with Crippen LogP contribution in [0, 0.1) is 0 Å². The zero-order chi connectivity index (χ0) is 6.53. The van der Waals surface area contributed by atoms with E-state index in [4.69, 9.17) is 0 Å². The molecule has 1 heterocycles. The number of aromatic nitrogens is 2. The molecule has 0 amide bonds. The smallest absolute Gasteiger partial charge is 0.147 e. The van der Waals surface area contributed by atoms with E-state index in [1.807, 2.05) is 0 Å². The van der Waals surface area contributed by atoms with Crippen LogP contribution < -0.4 is 0 Å². The van der Waals surface area contributed by atoms with Crippen molar-refractivity contribution in [1.82, 2.24) is 10.4 Å². The monoisotopic (exact) mass is 122 g/mol. The van der Waals surface area contributed by atoms with E-state index < -0.39 is 0 Å². The van der Waals surface area contributed by atoms with Crippen LogP contribution in [0.1, 0.15) is 5.69 Å². The van der Waals surface area contributed by atoms with E-state index in [-0.39, 0.29) is 0 Å². The molecule has 0 unspecified atom stereocenters. The molecule has 9 heavy (non-hydrogen) atoms. The first kappa shape index (κ1) is 5.79. The largest absolute Gasteiger partial charge is 0.345 e. The summed E-state index contributed by atoms with van der Waals surface area (Å²) in [5.74, 6) is 0. The molecule has 3 heteroatoms. The minimum absolute atomic E-state index is 0.688. The highest BCUT2D eigenvalue weighted by atomic mass is 16.5. The topological polar surface area (TPSA) is 38.9 Å². The molecule has 46 valence electrons. The first-order valence-electron chi connectivity index (χ1n) is 2.53. The van der Waals surface area contributed by atoms with E-state index in [2.05, 4.69) is 27.2 Å². The van der Waals surface area contributed by atoms with Crippen molar-refractivity contribution in [3.05, 3.63) is 30.3 Å². The van der Waals surface area contributed by atoms with Gasteiger partial charge in [0.15, 0.2) is 0 Å². The van der Waals surface area contributed by atoms with E-state index in [1.165, 1.54) is 6.26 Å². The van der Waals surface area contributed by atoms with Crippen molar-refractivity contribution in [1.29, 1.82) is 0 Å². The maximum atomic E-state index is 4.48. The molecule has 0 aromatic carbocycles. The summed E-state index contributed by atoms with van der Waals surface area (Å²) in [6.07, 6.45) is 3.94. The first-order valence-corrected chi connectivity index (χ1v) is 2.53. The Hall–Kier alpha value is -1.34. The number of hydrogen-bond acceptors (Lipinski definition) is 3. The third kappa shape index (κ3) is 1.55. The fraction of sp³-hybridized carbons (Fsp3) is 0.167. The number of nitrogens with zero attached hydrogens (tertiary/aromatic N) is 2. The lowest BCUT2D eigenvalue weighted by atomic mass is 10.3. The van der Waals surface area contributed by atoms with Gasteiger partial charge < -0.3 is 4.52 Å². The van der Waals surface area contributed by atoms with Crippen LogP contribution in [0.4, 0.5) is 0 Å². The Balaban J connectivity index is 2.57. The third-order valence-corrected chi connectivity index (χ3v) is 0.861. The average molecular weight is 122 g/mol. The van der Waals surface area contributed by atoms with E-state index in [1.54, 1.807) is 6.08 Å². The second kappa shape index (κ2) is 2.84. The molecule has 3 nitrogen and oxygen atoms in total. The average Bonchev–Trinajstić information content (AvgIpc) is 2.34. The van der Waals surface area contributed by atoms with Crippen LogP contribution in [-0.4, -0.2) is 10.4 Å². The summed E-state index contributed by atoms with van der Waals surface area (Å²) in [5, 5.41) is 6.92. The van der Waals surface area contributed by atoms with Crippen molar-refractivity contribution in [2.45, 2.75) is 6.42 Å². The number of rotatable bonds is 2. The van der Waals surface area contributed by atoms with Gasteiger partial charge in [0.1, 0.15) is 12.0 Å². The molecule has 0 radical (unpaired) electrons. The number of hydrogen-bond donors (Lipinski definition) is 0. The summed E-state index contributed by atoms with van der Waals surface area (Å²) in [4.78, 5) is 0. The molecule has 0 N–H and O–H groups in total. The highest BCUT2D eigenvalue weighted by Gasteiger charge is 1.90. The van der Waals surface area contributed by atoms with Crippen molar-refractivity contribution in [2.24, 2.45) is 0 Å². The Morgan fingerprint density at radius 1 is 1.89 bits per heavy atom. The van der Waals surface area contributed by atoms with Gasteiger partial charge in [-0.25, -0.2) is 0 Å². The van der Waals surface area contributed by atoms with E-state index in [0.717, 1.165) is 5.69 Å². The van der Waals surface area contributed by atoms with E-state index in [9.17, 15) is 0 Å². The second-order valence-corrected chi connectivity index (χ2v) is 1.51.